The van der Waals surface area contributed by atoms with E-state index < -0.39 is 0 Å². The van der Waals surface area contributed by atoms with Crippen LogP contribution in [-0.2, 0) is 6.54 Å². The van der Waals surface area contributed by atoms with Gasteiger partial charge in [-0.15, -0.1) is 0 Å². The topological polar surface area (TPSA) is 29.1 Å². The van der Waals surface area contributed by atoms with Crippen LogP contribution in [0.1, 0.15) is 15.9 Å². The maximum atomic E-state index is 12.7. The minimum absolute atomic E-state index is 0.206. The molecule has 0 aliphatic carbocycles. The second-order valence-corrected chi connectivity index (χ2v) is 5.51. The average Bonchev–Trinajstić information content (AvgIpc) is 2.41. The molecule has 5 heteroatoms. The Hall–Kier alpha value is -1.14. The highest BCUT2D eigenvalue weighted by molar-refractivity contribution is 14.1. The molecule has 0 radical (unpaired) electrons. The van der Waals surface area contributed by atoms with Crippen molar-refractivity contribution >= 4 is 40.1 Å². The van der Waals surface area contributed by atoms with Gasteiger partial charge in [-0.05, 0) is 58.5 Å². The molecule has 0 saturated heterocycles. The summed E-state index contributed by atoms with van der Waals surface area (Å²) in [5, 5.41) is 3.31. The molecule has 98 valence electrons. The maximum absolute atomic E-state index is 12.7. The van der Waals surface area contributed by atoms with E-state index in [1.54, 1.807) is 30.3 Å². The lowest BCUT2D eigenvalue weighted by Crippen LogP contribution is -2.22. The quantitative estimate of drug-likeness (QED) is 0.790. The van der Waals surface area contributed by atoms with Gasteiger partial charge in [0.15, 0.2) is 0 Å². The first-order chi connectivity index (χ1) is 9.06. The van der Waals surface area contributed by atoms with E-state index in [0.717, 1.165) is 9.13 Å². The van der Waals surface area contributed by atoms with Crippen LogP contribution in [0.2, 0.25) is 5.02 Å². The van der Waals surface area contributed by atoms with Gasteiger partial charge in [0.1, 0.15) is 5.82 Å². The Morgan fingerprint density at radius 2 is 1.89 bits per heavy atom. The first-order valence-corrected chi connectivity index (χ1v) is 6.99. The van der Waals surface area contributed by atoms with Crippen LogP contribution in [0.4, 0.5) is 4.39 Å². The van der Waals surface area contributed by atoms with Crippen molar-refractivity contribution in [1.29, 1.82) is 0 Å². The zero-order valence-corrected chi connectivity index (χ0v) is 12.7. The van der Waals surface area contributed by atoms with Gasteiger partial charge in [0, 0.05) is 15.7 Å². The molecule has 1 amide bonds. The van der Waals surface area contributed by atoms with Gasteiger partial charge in [-0.2, -0.15) is 0 Å². The molecule has 2 aromatic carbocycles. The third-order valence-corrected chi connectivity index (χ3v) is 4.12. The van der Waals surface area contributed by atoms with Gasteiger partial charge >= 0.3 is 0 Å². The van der Waals surface area contributed by atoms with Gasteiger partial charge in [0.05, 0.1) is 5.02 Å². The van der Waals surface area contributed by atoms with Gasteiger partial charge in [-0.1, -0.05) is 23.7 Å². The van der Waals surface area contributed by atoms with Crippen molar-refractivity contribution < 1.29 is 9.18 Å². The predicted molar refractivity (Wildman–Crippen MR) is 81.7 cm³/mol. The van der Waals surface area contributed by atoms with Crippen molar-refractivity contribution in [3.05, 3.63) is 68.0 Å². The second kappa shape index (κ2) is 6.34. The van der Waals surface area contributed by atoms with Gasteiger partial charge in [0.2, 0.25) is 0 Å². The fourth-order valence-corrected chi connectivity index (χ4v) is 2.04. The fourth-order valence-electron chi connectivity index (χ4n) is 1.52. The van der Waals surface area contributed by atoms with Crippen molar-refractivity contribution in [3.8, 4) is 0 Å². The summed E-state index contributed by atoms with van der Waals surface area (Å²) >= 11 is 8.06. The third kappa shape index (κ3) is 3.91. The minimum Gasteiger partial charge on any atom is -0.348 e. The SMILES string of the molecule is O=C(NCc1ccc(F)cc1)c1ccc(I)c(Cl)c1. The summed E-state index contributed by atoms with van der Waals surface area (Å²) in [5.41, 5.74) is 1.35. The van der Waals surface area contributed by atoms with Crippen LogP contribution in [0.3, 0.4) is 0 Å². The number of carbonyl (C=O) groups excluding carboxylic acids is 1. The Bertz CT molecular complexity index is 601. The van der Waals surface area contributed by atoms with E-state index in [1.807, 2.05) is 0 Å². The van der Waals surface area contributed by atoms with E-state index in [0.29, 0.717) is 17.1 Å². The zero-order chi connectivity index (χ0) is 13.8. The Morgan fingerprint density at radius 3 is 2.53 bits per heavy atom. The van der Waals surface area contributed by atoms with E-state index in [2.05, 4.69) is 27.9 Å². The first kappa shape index (κ1) is 14.3. The summed E-state index contributed by atoms with van der Waals surface area (Å²) in [5.74, 6) is -0.498. The van der Waals surface area contributed by atoms with Crippen LogP contribution in [0.25, 0.3) is 0 Å². The predicted octanol–water partition coefficient (Wildman–Crippen LogP) is 4.01. The van der Waals surface area contributed by atoms with Crippen LogP contribution < -0.4 is 5.32 Å². The highest BCUT2D eigenvalue weighted by Gasteiger charge is 2.07. The number of amides is 1. The molecule has 2 aromatic rings. The van der Waals surface area contributed by atoms with Crippen LogP contribution in [-0.4, -0.2) is 5.91 Å². The maximum Gasteiger partial charge on any atom is 0.251 e. The van der Waals surface area contributed by atoms with Crippen molar-refractivity contribution in [1.82, 2.24) is 5.32 Å². The largest absolute Gasteiger partial charge is 0.348 e. The highest BCUT2D eigenvalue weighted by atomic mass is 127. The summed E-state index contributed by atoms with van der Waals surface area (Å²) in [6.07, 6.45) is 0. The molecule has 2 nitrogen and oxygen atoms in total. The Balaban J connectivity index is 2.01. The molecule has 0 fully saturated rings. The number of hydrogen-bond acceptors (Lipinski definition) is 1. The van der Waals surface area contributed by atoms with Crippen LogP contribution >= 0.6 is 34.2 Å². The molecule has 0 aliphatic heterocycles. The monoisotopic (exact) mass is 389 g/mol. The molecular formula is C14H10ClFINO. The number of benzene rings is 2. The summed E-state index contributed by atoms with van der Waals surface area (Å²) in [4.78, 5) is 11.9. The Morgan fingerprint density at radius 1 is 1.21 bits per heavy atom. The van der Waals surface area contributed by atoms with E-state index in [4.69, 9.17) is 11.6 Å². The molecular weight excluding hydrogens is 380 g/mol. The molecule has 0 unspecified atom stereocenters. The molecule has 0 spiro atoms. The number of rotatable bonds is 3. The molecule has 0 aromatic heterocycles. The third-order valence-electron chi connectivity index (χ3n) is 2.55. The van der Waals surface area contributed by atoms with Gasteiger partial charge in [-0.25, -0.2) is 4.39 Å². The lowest BCUT2D eigenvalue weighted by molar-refractivity contribution is 0.0951. The van der Waals surface area contributed by atoms with E-state index in [-0.39, 0.29) is 11.7 Å². The molecule has 0 saturated carbocycles. The summed E-state index contributed by atoms with van der Waals surface area (Å²) < 4.78 is 13.6. The normalized spacial score (nSPS) is 10.3. The number of nitrogens with one attached hydrogen (secondary N) is 1. The second-order valence-electron chi connectivity index (χ2n) is 3.94. The summed E-state index contributed by atoms with van der Waals surface area (Å²) in [6, 6.07) is 11.1. The van der Waals surface area contributed by atoms with Crippen molar-refractivity contribution in [3.63, 3.8) is 0 Å². The number of carbonyl (C=O) groups is 1. The van der Waals surface area contributed by atoms with Crippen molar-refractivity contribution in [2.75, 3.05) is 0 Å². The van der Waals surface area contributed by atoms with Crippen molar-refractivity contribution in [2.24, 2.45) is 0 Å². The van der Waals surface area contributed by atoms with E-state index >= 15 is 0 Å². The van der Waals surface area contributed by atoms with Crippen LogP contribution in [0, 0.1) is 9.39 Å². The average molecular weight is 390 g/mol. The Kier molecular flexibility index (Phi) is 4.76. The molecule has 19 heavy (non-hydrogen) atoms. The van der Waals surface area contributed by atoms with E-state index in [1.165, 1.54) is 12.1 Å². The van der Waals surface area contributed by atoms with Gasteiger partial charge in [0.25, 0.3) is 5.91 Å². The molecule has 1 N–H and O–H groups in total. The lowest BCUT2D eigenvalue weighted by atomic mass is 10.2. The lowest BCUT2D eigenvalue weighted by Gasteiger charge is -2.06. The van der Waals surface area contributed by atoms with Gasteiger partial charge in [-0.3, -0.25) is 4.79 Å². The van der Waals surface area contributed by atoms with Crippen LogP contribution in [0.15, 0.2) is 42.5 Å². The Labute approximate surface area is 129 Å². The summed E-state index contributed by atoms with van der Waals surface area (Å²) in [7, 11) is 0. The fraction of sp³-hybridized carbons (Fsp3) is 0.0714. The molecule has 2 rings (SSSR count). The highest BCUT2D eigenvalue weighted by Crippen LogP contribution is 2.19. The zero-order valence-electron chi connectivity index (χ0n) is 9.79. The molecule has 0 heterocycles. The standard InChI is InChI=1S/C14H10ClFINO/c15-12-7-10(3-6-13(12)17)14(19)18-8-9-1-4-11(16)5-2-9/h1-7H,8H2,(H,18,19). The summed E-state index contributed by atoms with van der Waals surface area (Å²) in [6.45, 7) is 0.350. The first-order valence-electron chi connectivity index (χ1n) is 5.54. The van der Waals surface area contributed by atoms with Gasteiger partial charge < -0.3 is 5.32 Å². The number of hydrogen-bond donors (Lipinski definition) is 1. The molecule has 0 atom stereocenters. The molecule has 0 aliphatic rings. The molecule has 0 bridgehead atoms. The number of halogens is 3. The van der Waals surface area contributed by atoms with E-state index in [9.17, 15) is 9.18 Å². The smallest absolute Gasteiger partial charge is 0.251 e. The van der Waals surface area contributed by atoms with Crippen molar-refractivity contribution in [2.45, 2.75) is 6.54 Å². The van der Waals surface area contributed by atoms with Crippen LogP contribution in [0.5, 0.6) is 0 Å². The minimum atomic E-state index is -0.292.